The van der Waals surface area contributed by atoms with E-state index in [0.717, 1.165) is 35.4 Å². The summed E-state index contributed by atoms with van der Waals surface area (Å²) in [6.07, 6.45) is 1.64. The maximum absolute atomic E-state index is 12.8. The van der Waals surface area contributed by atoms with Gasteiger partial charge in [0, 0.05) is 26.1 Å². The first kappa shape index (κ1) is 19.8. The summed E-state index contributed by atoms with van der Waals surface area (Å²) in [5.41, 5.74) is 4.66. The van der Waals surface area contributed by atoms with E-state index in [4.69, 9.17) is 9.40 Å². The third kappa shape index (κ3) is 3.29. The van der Waals surface area contributed by atoms with Gasteiger partial charge in [-0.25, -0.2) is 9.97 Å². The standard InChI is InChI=1S/C23H20BrN5O2/c1-13-3-5-18-16(11-13)26-22(31-18)14-7-9-29(10-8-14)21-15(12-25)23(30)28(2)17-4-6-19(24)27-20(17)21/h3-6,11,14H,7-10H2,1-2H3. The minimum atomic E-state index is -0.300. The zero-order valence-corrected chi connectivity index (χ0v) is 18.8. The molecule has 0 atom stereocenters. The highest BCUT2D eigenvalue weighted by Gasteiger charge is 2.29. The Hall–Kier alpha value is -3.18. The molecule has 0 saturated carbocycles. The number of rotatable bonds is 2. The SMILES string of the molecule is Cc1ccc2oc(C3CCN(c4c(C#N)c(=O)n(C)c5ccc(Br)nc45)CC3)nc2c1. The predicted molar refractivity (Wildman–Crippen MR) is 122 cm³/mol. The molecule has 0 unspecified atom stereocenters. The second-order valence-corrected chi connectivity index (χ2v) is 8.80. The van der Waals surface area contributed by atoms with Crippen molar-refractivity contribution in [3.8, 4) is 6.07 Å². The topological polar surface area (TPSA) is 88.0 Å². The van der Waals surface area contributed by atoms with Crippen LogP contribution in [0.25, 0.3) is 22.1 Å². The summed E-state index contributed by atoms with van der Waals surface area (Å²) in [4.78, 5) is 24.2. The van der Waals surface area contributed by atoms with Crippen LogP contribution < -0.4 is 10.5 Å². The van der Waals surface area contributed by atoms with E-state index >= 15 is 0 Å². The van der Waals surface area contributed by atoms with Gasteiger partial charge in [0.05, 0.1) is 11.2 Å². The van der Waals surface area contributed by atoms with Crippen molar-refractivity contribution in [2.45, 2.75) is 25.7 Å². The van der Waals surface area contributed by atoms with E-state index in [1.54, 1.807) is 13.1 Å². The van der Waals surface area contributed by atoms with Crippen LogP contribution in [-0.4, -0.2) is 27.6 Å². The van der Waals surface area contributed by atoms with Crippen LogP contribution in [0.2, 0.25) is 0 Å². The van der Waals surface area contributed by atoms with E-state index in [1.165, 1.54) is 4.57 Å². The number of aryl methyl sites for hydroxylation is 2. The molecule has 1 aliphatic rings. The van der Waals surface area contributed by atoms with Gasteiger partial charge in [-0.1, -0.05) is 6.07 Å². The van der Waals surface area contributed by atoms with E-state index in [-0.39, 0.29) is 17.0 Å². The molecule has 0 spiro atoms. The Morgan fingerprint density at radius 3 is 2.71 bits per heavy atom. The molecule has 31 heavy (non-hydrogen) atoms. The van der Waals surface area contributed by atoms with Crippen molar-refractivity contribution in [2.24, 2.45) is 7.05 Å². The molecule has 4 aromatic rings. The smallest absolute Gasteiger partial charge is 0.270 e. The lowest BCUT2D eigenvalue weighted by Gasteiger charge is -2.33. The molecule has 7 nitrogen and oxygen atoms in total. The Labute approximate surface area is 187 Å². The van der Waals surface area contributed by atoms with E-state index < -0.39 is 0 Å². The average molecular weight is 478 g/mol. The fourth-order valence-electron chi connectivity index (χ4n) is 4.36. The van der Waals surface area contributed by atoms with Gasteiger partial charge in [-0.2, -0.15) is 5.26 Å². The molecule has 0 aliphatic carbocycles. The number of nitrogens with zero attached hydrogens (tertiary/aromatic N) is 5. The molecule has 0 bridgehead atoms. The highest BCUT2D eigenvalue weighted by molar-refractivity contribution is 9.10. The van der Waals surface area contributed by atoms with Gasteiger partial charge >= 0.3 is 0 Å². The Morgan fingerprint density at radius 2 is 1.97 bits per heavy atom. The molecule has 3 aromatic heterocycles. The number of halogens is 1. The van der Waals surface area contributed by atoms with Crippen molar-refractivity contribution >= 4 is 43.8 Å². The Kier molecular flexibility index (Phi) is 4.78. The minimum Gasteiger partial charge on any atom is -0.440 e. The first-order valence-electron chi connectivity index (χ1n) is 10.2. The lowest BCUT2D eigenvalue weighted by Crippen LogP contribution is -2.36. The van der Waals surface area contributed by atoms with Gasteiger partial charge in [-0.3, -0.25) is 4.79 Å². The summed E-state index contributed by atoms with van der Waals surface area (Å²) < 4.78 is 8.17. The quantitative estimate of drug-likeness (QED) is 0.397. The lowest BCUT2D eigenvalue weighted by molar-refractivity contribution is 0.407. The van der Waals surface area contributed by atoms with Crippen molar-refractivity contribution in [3.63, 3.8) is 0 Å². The zero-order valence-electron chi connectivity index (χ0n) is 17.2. The first-order valence-corrected chi connectivity index (χ1v) is 11.0. The van der Waals surface area contributed by atoms with Crippen LogP contribution in [0.15, 0.2) is 44.1 Å². The predicted octanol–water partition coefficient (Wildman–Crippen LogP) is 4.40. The van der Waals surface area contributed by atoms with Gasteiger partial charge in [-0.05, 0) is 65.5 Å². The maximum atomic E-state index is 12.8. The number of fused-ring (bicyclic) bond motifs is 2. The van der Waals surface area contributed by atoms with Gasteiger partial charge in [0.25, 0.3) is 5.56 Å². The monoisotopic (exact) mass is 477 g/mol. The average Bonchev–Trinajstić information content (AvgIpc) is 3.19. The van der Waals surface area contributed by atoms with Crippen LogP contribution >= 0.6 is 15.9 Å². The van der Waals surface area contributed by atoms with Crippen molar-refractivity contribution in [1.29, 1.82) is 5.26 Å². The zero-order chi connectivity index (χ0) is 21.7. The third-order valence-corrected chi connectivity index (χ3v) is 6.45. The molecule has 0 N–H and O–H groups in total. The normalized spacial score (nSPS) is 15.0. The second-order valence-electron chi connectivity index (χ2n) is 7.99. The number of nitriles is 1. The van der Waals surface area contributed by atoms with E-state index in [9.17, 15) is 10.1 Å². The van der Waals surface area contributed by atoms with Gasteiger partial charge in [0.15, 0.2) is 11.5 Å². The molecule has 8 heteroatoms. The molecule has 0 amide bonds. The summed E-state index contributed by atoms with van der Waals surface area (Å²) in [6.45, 7) is 3.42. The molecular formula is C23H20BrN5O2. The lowest BCUT2D eigenvalue weighted by atomic mass is 9.95. The van der Waals surface area contributed by atoms with Crippen molar-refractivity contribution in [2.75, 3.05) is 18.0 Å². The van der Waals surface area contributed by atoms with Gasteiger partial charge in [-0.15, -0.1) is 0 Å². The molecule has 156 valence electrons. The number of benzene rings is 1. The molecule has 5 rings (SSSR count). The molecular weight excluding hydrogens is 458 g/mol. The van der Waals surface area contributed by atoms with Crippen LogP contribution in [0.4, 0.5) is 5.69 Å². The van der Waals surface area contributed by atoms with Crippen molar-refractivity contribution < 1.29 is 4.42 Å². The highest BCUT2D eigenvalue weighted by atomic mass is 79.9. The number of oxazole rings is 1. The Bertz CT molecular complexity index is 1420. The molecule has 1 aromatic carbocycles. The van der Waals surface area contributed by atoms with Gasteiger partial charge < -0.3 is 13.9 Å². The molecule has 0 radical (unpaired) electrons. The summed E-state index contributed by atoms with van der Waals surface area (Å²) >= 11 is 3.42. The maximum Gasteiger partial charge on any atom is 0.270 e. The highest BCUT2D eigenvalue weighted by Crippen LogP contribution is 2.35. The summed E-state index contributed by atoms with van der Waals surface area (Å²) in [6, 6.07) is 11.8. The molecule has 1 saturated heterocycles. The number of piperidine rings is 1. The number of pyridine rings is 2. The van der Waals surface area contributed by atoms with Crippen LogP contribution in [0, 0.1) is 18.3 Å². The van der Waals surface area contributed by atoms with E-state index in [0.29, 0.717) is 34.4 Å². The summed E-state index contributed by atoms with van der Waals surface area (Å²) in [5.74, 6) is 0.961. The van der Waals surface area contributed by atoms with Crippen molar-refractivity contribution in [1.82, 2.24) is 14.5 Å². The first-order chi connectivity index (χ1) is 15.0. The van der Waals surface area contributed by atoms with Crippen LogP contribution in [0.3, 0.4) is 0 Å². The molecule has 4 heterocycles. The van der Waals surface area contributed by atoms with Gasteiger partial charge in [0.2, 0.25) is 0 Å². The number of aromatic nitrogens is 3. The Morgan fingerprint density at radius 1 is 1.19 bits per heavy atom. The third-order valence-electron chi connectivity index (χ3n) is 6.01. The largest absolute Gasteiger partial charge is 0.440 e. The fourth-order valence-corrected chi connectivity index (χ4v) is 4.67. The number of anilines is 1. The second kappa shape index (κ2) is 7.50. The number of hydrogen-bond acceptors (Lipinski definition) is 6. The summed E-state index contributed by atoms with van der Waals surface area (Å²) in [7, 11) is 1.67. The van der Waals surface area contributed by atoms with Crippen LogP contribution in [-0.2, 0) is 7.05 Å². The van der Waals surface area contributed by atoms with E-state index in [1.807, 2.05) is 31.2 Å². The van der Waals surface area contributed by atoms with Crippen molar-refractivity contribution in [3.05, 3.63) is 62.3 Å². The Balaban J connectivity index is 1.50. The molecule has 1 fully saturated rings. The summed E-state index contributed by atoms with van der Waals surface area (Å²) in [5, 5.41) is 9.76. The van der Waals surface area contributed by atoms with Crippen LogP contribution in [0.1, 0.15) is 35.8 Å². The van der Waals surface area contributed by atoms with E-state index in [2.05, 4.69) is 31.9 Å². The molecule has 1 aliphatic heterocycles. The fraction of sp³-hybridized carbons (Fsp3) is 0.304. The number of hydrogen-bond donors (Lipinski definition) is 0. The minimum absolute atomic E-state index is 0.136. The van der Waals surface area contributed by atoms with Crippen LogP contribution in [0.5, 0.6) is 0 Å². The van der Waals surface area contributed by atoms with Gasteiger partial charge in [0.1, 0.15) is 27.3 Å².